The van der Waals surface area contributed by atoms with Crippen molar-refractivity contribution >= 4 is 5.91 Å². The standard InChI is InChI=1S/C11H16N4O/c1-2-10-13-4-3-9(14-10)11(16)15-7-5-12-6-8-15/h3-4,12H,2,5-8H2,1H3. The highest BCUT2D eigenvalue weighted by Gasteiger charge is 2.19. The van der Waals surface area contributed by atoms with E-state index in [1.54, 1.807) is 12.3 Å². The third-order valence-electron chi connectivity index (χ3n) is 2.65. The van der Waals surface area contributed by atoms with Gasteiger partial charge in [-0.2, -0.15) is 0 Å². The molecule has 2 heterocycles. The van der Waals surface area contributed by atoms with Gasteiger partial charge in [0.05, 0.1) is 0 Å². The summed E-state index contributed by atoms with van der Waals surface area (Å²) in [6.07, 6.45) is 2.41. The number of piperazine rings is 1. The monoisotopic (exact) mass is 220 g/mol. The maximum absolute atomic E-state index is 12.1. The maximum Gasteiger partial charge on any atom is 0.272 e. The first-order chi connectivity index (χ1) is 7.81. The summed E-state index contributed by atoms with van der Waals surface area (Å²) in [7, 11) is 0. The molecule has 0 aromatic carbocycles. The van der Waals surface area contributed by atoms with E-state index in [1.807, 2.05) is 11.8 Å². The molecule has 5 nitrogen and oxygen atoms in total. The van der Waals surface area contributed by atoms with Crippen LogP contribution in [0.2, 0.25) is 0 Å². The zero-order valence-corrected chi connectivity index (χ0v) is 9.44. The van der Waals surface area contributed by atoms with Crippen LogP contribution in [0.1, 0.15) is 23.2 Å². The van der Waals surface area contributed by atoms with E-state index in [2.05, 4.69) is 15.3 Å². The summed E-state index contributed by atoms with van der Waals surface area (Å²) in [5, 5.41) is 3.22. The van der Waals surface area contributed by atoms with E-state index in [1.165, 1.54) is 0 Å². The van der Waals surface area contributed by atoms with Crippen LogP contribution in [-0.4, -0.2) is 47.0 Å². The number of nitrogens with zero attached hydrogens (tertiary/aromatic N) is 3. The zero-order chi connectivity index (χ0) is 11.4. The Bertz CT molecular complexity index is 374. The molecule has 1 aromatic rings. The molecule has 16 heavy (non-hydrogen) atoms. The Labute approximate surface area is 94.9 Å². The minimum absolute atomic E-state index is 0.0126. The summed E-state index contributed by atoms with van der Waals surface area (Å²) in [5.74, 6) is 0.736. The third kappa shape index (κ3) is 2.36. The second-order valence-corrected chi connectivity index (χ2v) is 3.75. The molecule has 2 rings (SSSR count). The van der Waals surface area contributed by atoms with Gasteiger partial charge in [0, 0.05) is 38.8 Å². The highest BCUT2D eigenvalue weighted by Crippen LogP contribution is 2.03. The van der Waals surface area contributed by atoms with Gasteiger partial charge in [-0.25, -0.2) is 9.97 Å². The molecular formula is C11H16N4O. The molecule has 1 aliphatic rings. The van der Waals surface area contributed by atoms with Gasteiger partial charge >= 0.3 is 0 Å². The maximum atomic E-state index is 12.1. The van der Waals surface area contributed by atoms with Gasteiger partial charge in [-0.05, 0) is 6.07 Å². The fourth-order valence-electron chi connectivity index (χ4n) is 1.72. The van der Waals surface area contributed by atoms with Crippen molar-refractivity contribution < 1.29 is 4.79 Å². The highest BCUT2D eigenvalue weighted by molar-refractivity contribution is 5.92. The van der Waals surface area contributed by atoms with Gasteiger partial charge < -0.3 is 10.2 Å². The average Bonchev–Trinajstić information content (AvgIpc) is 2.39. The SMILES string of the molecule is CCc1nccc(C(=O)N2CCNCC2)n1. The first kappa shape index (κ1) is 11.0. The van der Waals surface area contributed by atoms with E-state index in [9.17, 15) is 4.79 Å². The Hall–Kier alpha value is -1.49. The Morgan fingerprint density at radius 1 is 1.50 bits per heavy atom. The summed E-state index contributed by atoms with van der Waals surface area (Å²) in [5.41, 5.74) is 0.508. The van der Waals surface area contributed by atoms with Crippen molar-refractivity contribution in [1.82, 2.24) is 20.2 Å². The van der Waals surface area contributed by atoms with Gasteiger partial charge in [0.15, 0.2) is 0 Å². The fourth-order valence-corrected chi connectivity index (χ4v) is 1.72. The summed E-state index contributed by atoms with van der Waals surface area (Å²) in [6.45, 7) is 5.21. The van der Waals surface area contributed by atoms with E-state index in [4.69, 9.17) is 0 Å². The van der Waals surface area contributed by atoms with Crippen LogP contribution in [0.25, 0.3) is 0 Å². The molecule has 1 N–H and O–H groups in total. The van der Waals surface area contributed by atoms with Crippen molar-refractivity contribution in [3.05, 3.63) is 23.8 Å². The van der Waals surface area contributed by atoms with Gasteiger partial charge in [-0.3, -0.25) is 4.79 Å². The molecule has 0 aliphatic carbocycles. The molecular weight excluding hydrogens is 204 g/mol. The first-order valence-corrected chi connectivity index (χ1v) is 5.63. The van der Waals surface area contributed by atoms with Crippen molar-refractivity contribution in [3.63, 3.8) is 0 Å². The van der Waals surface area contributed by atoms with Crippen molar-refractivity contribution in [2.24, 2.45) is 0 Å². The Kier molecular flexibility index (Phi) is 3.46. The Balaban J connectivity index is 2.12. The van der Waals surface area contributed by atoms with Crippen molar-refractivity contribution in [2.75, 3.05) is 26.2 Å². The van der Waals surface area contributed by atoms with E-state index >= 15 is 0 Å². The van der Waals surface area contributed by atoms with Crippen molar-refractivity contribution in [2.45, 2.75) is 13.3 Å². The van der Waals surface area contributed by atoms with Gasteiger partial charge in [0.1, 0.15) is 11.5 Å². The summed E-state index contributed by atoms with van der Waals surface area (Å²) >= 11 is 0. The largest absolute Gasteiger partial charge is 0.335 e. The highest BCUT2D eigenvalue weighted by atomic mass is 16.2. The number of hydrogen-bond acceptors (Lipinski definition) is 4. The summed E-state index contributed by atoms with van der Waals surface area (Å²) in [4.78, 5) is 22.2. The number of carbonyl (C=O) groups is 1. The normalized spacial score (nSPS) is 16.2. The fraction of sp³-hybridized carbons (Fsp3) is 0.545. The number of hydrogen-bond donors (Lipinski definition) is 1. The summed E-state index contributed by atoms with van der Waals surface area (Å²) < 4.78 is 0. The lowest BCUT2D eigenvalue weighted by Crippen LogP contribution is -2.46. The van der Waals surface area contributed by atoms with Crippen LogP contribution in [0.5, 0.6) is 0 Å². The van der Waals surface area contributed by atoms with Crippen LogP contribution in [0, 0.1) is 0 Å². The second-order valence-electron chi connectivity index (χ2n) is 3.75. The van der Waals surface area contributed by atoms with E-state index in [0.29, 0.717) is 5.69 Å². The number of amides is 1. The van der Waals surface area contributed by atoms with Gasteiger partial charge in [-0.15, -0.1) is 0 Å². The predicted octanol–water partition coefficient (Wildman–Crippen LogP) is 0.0844. The Morgan fingerprint density at radius 3 is 2.94 bits per heavy atom. The molecule has 0 atom stereocenters. The second kappa shape index (κ2) is 5.03. The number of nitrogens with one attached hydrogen (secondary N) is 1. The predicted molar refractivity (Wildman–Crippen MR) is 60.2 cm³/mol. The van der Waals surface area contributed by atoms with Crippen LogP contribution in [-0.2, 0) is 6.42 Å². The lowest BCUT2D eigenvalue weighted by Gasteiger charge is -2.27. The van der Waals surface area contributed by atoms with Gasteiger partial charge in [0.25, 0.3) is 5.91 Å². The average molecular weight is 220 g/mol. The number of aromatic nitrogens is 2. The van der Waals surface area contributed by atoms with E-state index in [0.717, 1.165) is 38.4 Å². The molecule has 1 saturated heterocycles. The molecule has 0 radical (unpaired) electrons. The summed E-state index contributed by atoms with van der Waals surface area (Å²) in [6, 6.07) is 1.68. The van der Waals surface area contributed by atoms with Crippen LogP contribution < -0.4 is 5.32 Å². The molecule has 0 unspecified atom stereocenters. The quantitative estimate of drug-likeness (QED) is 0.767. The van der Waals surface area contributed by atoms with E-state index < -0.39 is 0 Å². The number of rotatable bonds is 2. The van der Waals surface area contributed by atoms with Gasteiger partial charge in [-0.1, -0.05) is 6.92 Å². The van der Waals surface area contributed by atoms with Gasteiger partial charge in [0.2, 0.25) is 0 Å². The number of carbonyl (C=O) groups excluding carboxylic acids is 1. The van der Waals surface area contributed by atoms with Crippen molar-refractivity contribution in [3.8, 4) is 0 Å². The molecule has 0 bridgehead atoms. The molecule has 0 saturated carbocycles. The zero-order valence-electron chi connectivity index (χ0n) is 9.44. The molecule has 1 aromatic heterocycles. The van der Waals surface area contributed by atoms with Crippen LogP contribution in [0.3, 0.4) is 0 Å². The van der Waals surface area contributed by atoms with Crippen LogP contribution in [0.15, 0.2) is 12.3 Å². The Morgan fingerprint density at radius 2 is 2.25 bits per heavy atom. The molecule has 0 spiro atoms. The minimum atomic E-state index is 0.0126. The smallest absolute Gasteiger partial charge is 0.272 e. The molecule has 5 heteroatoms. The molecule has 1 amide bonds. The minimum Gasteiger partial charge on any atom is -0.335 e. The van der Waals surface area contributed by atoms with Crippen LogP contribution >= 0.6 is 0 Å². The third-order valence-corrected chi connectivity index (χ3v) is 2.65. The molecule has 86 valence electrons. The number of aryl methyl sites for hydroxylation is 1. The topological polar surface area (TPSA) is 58.1 Å². The first-order valence-electron chi connectivity index (χ1n) is 5.63. The molecule has 1 aliphatic heterocycles. The van der Waals surface area contributed by atoms with E-state index in [-0.39, 0.29) is 5.91 Å². The lowest BCUT2D eigenvalue weighted by molar-refractivity contribution is 0.0729. The molecule has 1 fully saturated rings. The van der Waals surface area contributed by atoms with Crippen LogP contribution in [0.4, 0.5) is 0 Å². The van der Waals surface area contributed by atoms with Crippen molar-refractivity contribution in [1.29, 1.82) is 0 Å². The lowest BCUT2D eigenvalue weighted by atomic mass is 10.3.